The highest BCUT2D eigenvalue weighted by atomic mass is 14.2. The summed E-state index contributed by atoms with van der Waals surface area (Å²) in [6.45, 7) is 6.50. The minimum Gasteiger partial charge on any atom is -0.0874 e. The van der Waals surface area contributed by atoms with Crippen LogP contribution in [0.1, 0.15) is 30.5 Å². The van der Waals surface area contributed by atoms with Gasteiger partial charge < -0.3 is 0 Å². The molecule has 0 spiro atoms. The lowest BCUT2D eigenvalue weighted by molar-refractivity contribution is 1.20. The summed E-state index contributed by atoms with van der Waals surface area (Å²) in [5, 5.41) is 0. The van der Waals surface area contributed by atoms with Crippen molar-refractivity contribution in [1.29, 1.82) is 0 Å². The molecule has 0 saturated heterocycles. The summed E-state index contributed by atoms with van der Waals surface area (Å²) in [7, 11) is 0. The molecule has 0 atom stereocenters. The topological polar surface area (TPSA) is 0 Å². The van der Waals surface area contributed by atoms with Gasteiger partial charge in [0, 0.05) is 0 Å². The van der Waals surface area contributed by atoms with Crippen molar-refractivity contribution in [2.45, 2.75) is 27.2 Å². The molecule has 0 heterocycles. The molecular formula is C14H16. The fourth-order valence-electron chi connectivity index (χ4n) is 2.17. The summed E-state index contributed by atoms with van der Waals surface area (Å²) in [6, 6.07) is 6.58. The lowest BCUT2D eigenvalue weighted by Gasteiger charge is -2.03. The van der Waals surface area contributed by atoms with Crippen LogP contribution in [0.5, 0.6) is 0 Å². The molecule has 0 unspecified atom stereocenters. The Morgan fingerprint density at radius 1 is 1.21 bits per heavy atom. The normalized spacial score (nSPS) is 15.4. The van der Waals surface area contributed by atoms with Crippen molar-refractivity contribution in [2.24, 2.45) is 0 Å². The highest BCUT2D eigenvalue weighted by Crippen LogP contribution is 2.34. The van der Waals surface area contributed by atoms with Gasteiger partial charge in [0.25, 0.3) is 0 Å². The summed E-state index contributed by atoms with van der Waals surface area (Å²) in [5.41, 5.74) is 7.29. The predicted octanol–water partition coefficient (Wildman–Crippen LogP) is 3.90. The molecule has 14 heavy (non-hydrogen) atoms. The number of aryl methyl sites for hydroxylation is 1. The zero-order chi connectivity index (χ0) is 10.1. The van der Waals surface area contributed by atoms with Crippen molar-refractivity contribution in [3.63, 3.8) is 0 Å². The molecule has 0 nitrogen and oxygen atoms in total. The van der Waals surface area contributed by atoms with E-state index in [9.17, 15) is 0 Å². The second kappa shape index (κ2) is 3.45. The van der Waals surface area contributed by atoms with Gasteiger partial charge in [-0.1, -0.05) is 30.4 Å². The third kappa shape index (κ3) is 1.31. The first-order valence-electron chi connectivity index (χ1n) is 5.15. The van der Waals surface area contributed by atoms with Crippen molar-refractivity contribution in [3.05, 3.63) is 52.6 Å². The smallest absolute Gasteiger partial charge is 0.00144 e. The Morgan fingerprint density at radius 3 is 2.64 bits per heavy atom. The fraction of sp³-hybridized carbons (Fsp3) is 0.286. The van der Waals surface area contributed by atoms with E-state index in [0.717, 1.165) is 6.42 Å². The van der Waals surface area contributed by atoms with Crippen LogP contribution < -0.4 is 0 Å². The second-order valence-electron chi connectivity index (χ2n) is 3.93. The van der Waals surface area contributed by atoms with E-state index in [1.54, 1.807) is 0 Å². The van der Waals surface area contributed by atoms with Gasteiger partial charge >= 0.3 is 0 Å². The van der Waals surface area contributed by atoms with Crippen LogP contribution in [0.3, 0.4) is 0 Å². The summed E-state index contributed by atoms with van der Waals surface area (Å²) in [5.74, 6) is 0. The van der Waals surface area contributed by atoms with Gasteiger partial charge in [0.05, 0.1) is 0 Å². The Bertz CT molecular complexity index is 420. The Hall–Kier alpha value is -1.30. The van der Waals surface area contributed by atoms with Crippen molar-refractivity contribution >= 4 is 5.57 Å². The molecule has 72 valence electrons. The van der Waals surface area contributed by atoms with E-state index in [2.05, 4.69) is 51.1 Å². The van der Waals surface area contributed by atoms with Gasteiger partial charge in [0.2, 0.25) is 0 Å². The van der Waals surface area contributed by atoms with E-state index in [1.807, 2.05) is 0 Å². The molecule has 0 N–H and O–H groups in total. The van der Waals surface area contributed by atoms with Crippen LogP contribution in [0.2, 0.25) is 0 Å². The SMILES string of the molecule is C/C=C\C1=C(C)c2cccc(C)c2C1. The molecule has 0 amide bonds. The minimum absolute atomic E-state index is 1.11. The largest absolute Gasteiger partial charge is 0.0874 e. The van der Waals surface area contributed by atoms with Gasteiger partial charge in [-0.15, -0.1) is 0 Å². The summed E-state index contributed by atoms with van der Waals surface area (Å²) >= 11 is 0. The van der Waals surface area contributed by atoms with Crippen LogP contribution in [-0.2, 0) is 6.42 Å². The van der Waals surface area contributed by atoms with Gasteiger partial charge in [-0.05, 0) is 55.0 Å². The molecule has 0 fully saturated rings. The van der Waals surface area contributed by atoms with E-state index in [-0.39, 0.29) is 0 Å². The van der Waals surface area contributed by atoms with Crippen LogP contribution in [0, 0.1) is 6.92 Å². The highest BCUT2D eigenvalue weighted by Gasteiger charge is 2.17. The second-order valence-corrected chi connectivity index (χ2v) is 3.93. The van der Waals surface area contributed by atoms with Gasteiger partial charge in [-0.2, -0.15) is 0 Å². The average molecular weight is 184 g/mol. The molecule has 0 aromatic heterocycles. The Morgan fingerprint density at radius 2 is 2.00 bits per heavy atom. The van der Waals surface area contributed by atoms with Gasteiger partial charge in [-0.3, -0.25) is 0 Å². The monoisotopic (exact) mass is 184 g/mol. The lowest BCUT2D eigenvalue weighted by Crippen LogP contribution is -1.87. The highest BCUT2D eigenvalue weighted by molar-refractivity contribution is 5.77. The van der Waals surface area contributed by atoms with E-state index in [4.69, 9.17) is 0 Å². The van der Waals surface area contributed by atoms with Crippen molar-refractivity contribution in [3.8, 4) is 0 Å². The van der Waals surface area contributed by atoms with E-state index >= 15 is 0 Å². The molecule has 0 heteroatoms. The van der Waals surface area contributed by atoms with Crippen molar-refractivity contribution in [1.82, 2.24) is 0 Å². The first-order valence-corrected chi connectivity index (χ1v) is 5.15. The Labute approximate surface area is 86.0 Å². The van der Waals surface area contributed by atoms with Crippen molar-refractivity contribution in [2.75, 3.05) is 0 Å². The minimum atomic E-state index is 1.11. The van der Waals surface area contributed by atoms with E-state index in [0.29, 0.717) is 0 Å². The molecule has 1 aliphatic rings. The summed E-state index contributed by atoms with van der Waals surface area (Å²) in [4.78, 5) is 0. The molecule has 0 bridgehead atoms. The van der Waals surface area contributed by atoms with Gasteiger partial charge in [0.1, 0.15) is 0 Å². The lowest BCUT2D eigenvalue weighted by atomic mass is 10.0. The predicted molar refractivity (Wildman–Crippen MR) is 62.3 cm³/mol. The number of fused-ring (bicyclic) bond motifs is 1. The molecule has 0 saturated carbocycles. The first kappa shape index (κ1) is 9.26. The number of hydrogen-bond acceptors (Lipinski definition) is 0. The number of allylic oxidation sites excluding steroid dienone is 4. The third-order valence-corrected chi connectivity index (χ3v) is 3.03. The Kier molecular flexibility index (Phi) is 2.28. The molecule has 0 radical (unpaired) electrons. The number of rotatable bonds is 1. The zero-order valence-electron chi connectivity index (χ0n) is 9.09. The number of benzene rings is 1. The summed E-state index contributed by atoms with van der Waals surface area (Å²) in [6.07, 6.45) is 5.47. The standard InChI is InChI=1S/C14H16/c1-4-6-12-9-14-10(2)7-5-8-13(14)11(12)3/h4-8H,9H2,1-3H3/b6-4-. The maximum atomic E-state index is 2.23. The maximum Gasteiger partial charge on any atom is -0.00144 e. The summed E-state index contributed by atoms with van der Waals surface area (Å²) < 4.78 is 0. The van der Waals surface area contributed by atoms with Crippen molar-refractivity contribution < 1.29 is 0 Å². The average Bonchev–Trinajstić information content (AvgIpc) is 2.48. The Balaban J connectivity index is 2.52. The molecular weight excluding hydrogens is 168 g/mol. The van der Waals surface area contributed by atoms with Crippen LogP contribution >= 0.6 is 0 Å². The van der Waals surface area contributed by atoms with E-state index < -0.39 is 0 Å². The quantitative estimate of drug-likeness (QED) is 0.621. The number of hydrogen-bond donors (Lipinski definition) is 0. The fourth-order valence-corrected chi connectivity index (χ4v) is 2.17. The van der Waals surface area contributed by atoms with Crippen LogP contribution in [-0.4, -0.2) is 0 Å². The maximum absolute atomic E-state index is 2.23. The third-order valence-electron chi connectivity index (χ3n) is 3.03. The molecule has 0 aliphatic heterocycles. The van der Waals surface area contributed by atoms with E-state index in [1.165, 1.54) is 27.8 Å². The van der Waals surface area contributed by atoms with Crippen LogP contribution in [0.15, 0.2) is 35.9 Å². The van der Waals surface area contributed by atoms with Gasteiger partial charge in [-0.25, -0.2) is 0 Å². The molecule has 1 aromatic carbocycles. The van der Waals surface area contributed by atoms with Crippen LogP contribution in [0.25, 0.3) is 5.57 Å². The first-order chi connectivity index (χ1) is 6.74. The van der Waals surface area contributed by atoms with Gasteiger partial charge in [0.15, 0.2) is 0 Å². The molecule has 1 aliphatic carbocycles. The molecule has 1 aromatic rings. The molecule has 2 rings (SSSR count). The van der Waals surface area contributed by atoms with Crippen LogP contribution in [0.4, 0.5) is 0 Å². The zero-order valence-corrected chi connectivity index (χ0v) is 9.09.